The van der Waals surface area contributed by atoms with Gasteiger partial charge in [-0.3, -0.25) is 0 Å². The van der Waals surface area contributed by atoms with Crippen LogP contribution in [0.3, 0.4) is 0 Å². The molecule has 20 heavy (non-hydrogen) atoms. The van der Waals surface area contributed by atoms with Crippen molar-refractivity contribution in [3.63, 3.8) is 0 Å². The summed E-state index contributed by atoms with van der Waals surface area (Å²) in [5.74, 6) is 1.93. The second-order valence-electron chi connectivity index (χ2n) is 5.18. The lowest BCUT2D eigenvalue weighted by Gasteiger charge is -2.11. The average Bonchev–Trinajstić information content (AvgIpc) is 2.90. The van der Waals surface area contributed by atoms with Gasteiger partial charge in [0, 0.05) is 0 Å². The Hall–Kier alpha value is -2.10. The van der Waals surface area contributed by atoms with Crippen molar-refractivity contribution in [2.75, 3.05) is 5.73 Å². The van der Waals surface area contributed by atoms with Gasteiger partial charge in [0.05, 0.1) is 5.56 Å². The molecule has 0 aliphatic heterocycles. The number of aryl methyl sites for hydroxylation is 2. The van der Waals surface area contributed by atoms with E-state index in [0.717, 1.165) is 30.6 Å². The lowest BCUT2D eigenvalue weighted by Crippen LogP contribution is -2.02. The van der Waals surface area contributed by atoms with Crippen molar-refractivity contribution >= 4 is 5.82 Å². The Morgan fingerprint density at radius 3 is 2.90 bits per heavy atom. The monoisotopic (exact) mass is 269 g/mol. The van der Waals surface area contributed by atoms with E-state index in [-0.39, 0.29) is 0 Å². The van der Waals surface area contributed by atoms with Gasteiger partial charge in [-0.15, -0.1) is 0 Å². The zero-order chi connectivity index (χ0) is 13.9. The Morgan fingerprint density at radius 2 is 2.05 bits per heavy atom. The summed E-state index contributed by atoms with van der Waals surface area (Å²) in [6, 6.07) is 6.29. The number of nitrogens with two attached hydrogens (primary N) is 1. The minimum absolute atomic E-state index is 0.512. The number of aromatic nitrogens is 2. The molecular weight excluding hydrogens is 250 g/mol. The number of nitrogen functional groups attached to an aromatic ring is 1. The van der Waals surface area contributed by atoms with Crippen molar-refractivity contribution in [3.05, 3.63) is 41.2 Å². The van der Waals surface area contributed by atoms with E-state index in [2.05, 4.69) is 29.0 Å². The summed E-state index contributed by atoms with van der Waals surface area (Å²) in [6.07, 6.45) is 6.82. The highest BCUT2D eigenvalue weighted by molar-refractivity contribution is 5.47. The number of anilines is 1. The topological polar surface area (TPSA) is 61.0 Å². The second kappa shape index (κ2) is 5.49. The molecule has 1 heterocycles. The number of nitrogens with zero attached hydrogens (tertiary/aromatic N) is 2. The molecule has 2 aromatic rings. The molecule has 0 atom stereocenters. The van der Waals surface area contributed by atoms with Gasteiger partial charge in [-0.1, -0.05) is 19.4 Å². The zero-order valence-electron chi connectivity index (χ0n) is 11.7. The Labute approximate surface area is 119 Å². The minimum atomic E-state index is 0.512. The molecule has 0 radical (unpaired) electrons. The van der Waals surface area contributed by atoms with Crippen LogP contribution in [0.5, 0.6) is 11.6 Å². The summed E-state index contributed by atoms with van der Waals surface area (Å²) in [6.45, 7) is 2.10. The molecule has 1 aliphatic rings. The molecule has 0 amide bonds. The molecule has 0 saturated heterocycles. The first-order valence-corrected chi connectivity index (χ1v) is 7.17. The number of benzene rings is 1. The molecule has 4 nitrogen and oxygen atoms in total. The van der Waals surface area contributed by atoms with Gasteiger partial charge in [-0.05, 0) is 48.9 Å². The van der Waals surface area contributed by atoms with Crippen LogP contribution in [-0.4, -0.2) is 9.97 Å². The van der Waals surface area contributed by atoms with Crippen molar-refractivity contribution in [2.45, 2.75) is 39.0 Å². The van der Waals surface area contributed by atoms with Crippen LogP contribution in [-0.2, 0) is 19.3 Å². The first kappa shape index (κ1) is 12.9. The number of hydrogen-bond acceptors (Lipinski definition) is 4. The van der Waals surface area contributed by atoms with Crippen molar-refractivity contribution in [1.82, 2.24) is 9.97 Å². The Bertz CT molecular complexity index is 625. The van der Waals surface area contributed by atoms with E-state index in [1.165, 1.54) is 30.3 Å². The number of rotatable bonds is 4. The third-order valence-electron chi connectivity index (χ3n) is 3.72. The van der Waals surface area contributed by atoms with Crippen LogP contribution < -0.4 is 10.5 Å². The van der Waals surface area contributed by atoms with Crippen molar-refractivity contribution in [1.29, 1.82) is 0 Å². The van der Waals surface area contributed by atoms with E-state index in [9.17, 15) is 0 Å². The third-order valence-corrected chi connectivity index (χ3v) is 3.72. The Morgan fingerprint density at radius 1 is 1.20 bits per heavy atom. The fraction of sp³-hybridized carbons (Fsp3) is 0.375. The van der Waals surface area contributed by atoms with Crippen LogP contribution in [0.15, 0.2) is 24.5 Å². The standard InChI is InChI=1S/C16H19N3O/c1-2-4-14-15(17)18-10-19-16(14)20-13-8-7-11-5-3-6-12(11)9-13/h7-10H,2-6H2,1H3,(H2,17,18,19). The van der Waals surface area contributed by atoms with Gasteiger partial charge in [0.25, 0.3) is 0 Å². The quantitative estimate of drug-likeness (QED) is 0.925. The fourth-order valence-electron chi connectivity index (χ4n) is 2.71. The van der Waals surface area contributed by atoms with Gasteiger partial charge in [0.1, 0.15) is 17.9 Å². The molecule has 104 valence electrons. The minimum Gasteiger partial charge on any atom is -0.439 e. The molecule has 1 aromatic heterocycles. The SMILES string of the molecule is CCCc1c(N)ncnc1Oc1ccc2c(c1)CCC2. The van der Waals surface area contributed by atoms with E-state index in [1.54, 1.807) is 0 Å². The van der Waals surface area contributed by atoms with E-state index >= 15 is 0 Å². The Kier molecular flexibility index (Phi) is 3.54. The van der Waals surface area contributed by atoms with E-state index in [0.29, 0.717) is 11.7 Å². The molecule has 4 heteroatoms. The molecular formula is C16H19N3O. The fourth-order valence-corrected chi connectivity index (χ4v) is 2.71. The van der Waals surface area contributed by atoms with Crippen LogP contribution >= 0.6 is 0 Å². The van der Waals surface area contributed by atoms with Crippen LogP contribution in [0, 0.1) is 0 Å². The maximum Gasteiger partial charge on any atom is 0.227 e. The molecule has 0 saturated carbocycles. The van der Waals surface area contributed by atoms with Crippen molar-refractivity contribution in [2.24, 2.45) is 0 Å². The summed E-state index contributed by atoms with van der Waals surface area (Å²) in [5.41, 5.74) is 9.65. The summed E-state index contributed by atoms with van der Waals surface area (Å²) < 4.78 is 5.94. The highest BCUT2D eigenvalue weighted by atomic mass is 16.5. The maximum absolute atomic E-state index is 5.94. The van der Waals surface area contributed by atoms with Crippen LogP contribution in [0.25, 0.3) is 0 Å². The molecule has 3 rings (SSSR count). The molecule has 0 bridgehead atoms. The van der Waals surface area contributed by atoms with E-state index < -0.39 is 0 Å². The molecule has 0 spiro atoms. The van der Waals surface area contributed by atoms with E-state index in [4.69, 9.17) is 10.5 Å². The largest absolute Gasteiger partial charge is 0.439 e. The first-order valence-electron chi connectivity index (χ1n) is 7.17. The lowest BCUT2D eigenvalue weighted by molar-refractivity contribution is 0.454. The molecule has 0 unspecified atom stereocenters. The average molecular weight is 269 g/mol. The van der Waals surface area contributed by atoms with Crippen LogP contribution in [0.4, 0.5) is 5.82 Å². The second-order valence-corrected chi connectivity index (χ2v) is 5.18. The van der Waals surface area contributed by atoms with Gasteiger partial charge in [0.15, 0.2) is 0 Å². The van der Waals surface area contributed by atoms with Gasteiger partial charge < -0.3 is 10.5 Å². The lowest BCUT2D eigenvalue weighted by atomic mass is 10.1. The molecule has 1 aromatic carbocycles. The number of ether oxygens (including phenoxy) is 1. The van der Waals surface area contributed by atoms with Crippen LogP contribution in [0.2, 0.25) is 0 Å². The molecule has 2 N–H and O–H groups in total. The summed E-state index contributed by atoms with van der Waals surface area (Å²) in [5, 5.41) is 0. The summed E-state index contributed by atoms with van der Waals surface area (Å²) in [4.78, 5) is 8.28. The number of hydrogen-bond donors (Lipinski definition) is 1. The predicted molar refractivity (Wildman–Crippen MR) is 79.0 cm³/mol. The van der Waals surface area contributed by atoms with E-state index in [1.807, 2.05) is 6.07 Å². The summed E-state index contributed by atoms with van der Waals surface area (Å²) in [7, 11) is 0. The highest BCUT2D eigenvalue weighted by Crippen LogP contribution is 2.30. The summed E-state index contributed by atoms with van der Waals surface area (Å²) >= 11 is 0. The van der Waals surface area contributed by atoms with Crippen molar-refractivity contribution < 1.29 is 4.74 Å². The van der Waals surface area contributed by atoms with Crippen molar-refractivity contribution in [3.8, 4) is 11.6 Å². The Balaban J connectivity index is 1.89. The number of fused-ring (bicyclic) bond motifs is 1. The first-order chi connectivity index (χ1) is 9.78. The van der Waals surface area contributed by atoms with Gasteiger partial charge in [-0.2, -0.15) is 0 Å². The highest BCUT2D eigenvalue weighted by Gasteiger charge is 2.14. The predicted octanol–water partition coefficient (Wildman–Crippen LogP) is 3.29. The third kappa shape index (κ3) is 2.46. The van der Waals surface area contributed by atoms with Gasteiger partial charge in [-0.25, -0.2) is 9.97 Å². The molecule has 1 aliphatic carbocycles. The van der Waals surface area contributed by atoms with Gasteiger partial charge >= 0.3 is 0 Å². The van der Waals surface area contributed by atoms with Crippen LogP contribution in [0.1, 0.15) is 36.5 Å². The zero-order valence-corrected chi connectivity index (χ0v) is 11.7. The smallest absolute Gasteiger partial charge is 0.227 e. The van der Waals surface area contributed by atoms with Gasteiger partial charge in [0.2, 0.25) is 5.88 Å². The normalized spacial score (nSPS) is 13.2. The maximum atomic E-state index is 5.94. The molecule has 0 fully saturated rings.